The third kappa shape index (κ3) is 3.63. The van der Waals surface area contributed by atoms with Crippen LogP contribution < -0.4 is 10.2 Å². The number of anilines is 1. The number of hydrogen-bond donors (Lipinski definition) is 1. The average molecular weight is 446 g/mol. The zero-order valence-electron chi connectivity index (χ0n) is 13.7. The van der Waals surface area contributed by atoms with Gasteiger partial charge in [0, 0.05) is 3.57 Å². The van der Waals surface area contributed by atoms with Gasteiger partial charge >= 0.3 is 6.03 Å². The fourth-order valence-electron chi connectivity index (χ4n) is 2.70. The minimum atomic E-state index is -0.736. The first-order valence-electron chi connectivity index (χ1n) is 7.60. The third-order valence-electron chi connectivity index (χ3n) is 3.75. The number of carbonyl (C=O) groups is 3. The molecular weight excluding hydrogens is 431 g/mol. The van der Waals surface area contributed by atoms with Gasteiger partial charge in [0.1, 0.15) is 5.57 Å². The zero-order chi connectivity index (χ0) is 18.1. The van der Waals surface area contributed by atoms with Crippen LogP contribution in [0.3, 0.4) is 0 Å². The first kappa shape index (κ1) is 17.3. The van der Waals surface area contributed by atoms with Crippen LogP contribution in [0.2, 0.25) is 0 Å². The van der Waals surface area contributed by atoms with E-state index in [2.05, 4.69) is 27.9 Å². The van der Waals surface area contributed by atoms with Crippen LogP contribution in [-0.4, -0.2) is 17.8 Å². The predicted molar refractivity (Wildman–Crippen MR) is 104 cm³/mol. The molecule has 5 nitrogen and oxygen atoms in total. The van der Waals surface area contributed by atoms with Crippen LogP contribution in [0.5, 0.6) is 0 Å². The van der Waals surface area contributed by atoms with E-state index in [4.69, 9.17) is 0 Å². The Bertz CT molecular complexity index is 897. The van der Waals surface area contributed by atoms with Gasteiger partial charge in [-0.25, -0.2) is 9.69 Å². The highest BCUT2D eigenvalue weighted by molar-refractivity contribution is 14.1. The summed E-state index contributed by atoms with van der Waals surface area (Å²) in [7, 11) is 0. The largest absolute Gasteiger partial charge is 0.335 e. The van der Waals surface area contributed by atoms with Gasteiger partial charge in [-0.3, -0.25) is 14.9 Å². The number of carbonyl (C=O) groups excluding carboxylic acids is 3. The van der Waals surface area contributed by atoms with Crippen LogP contribution in [0.15, 0.2) is 48.0 Å². The van der Waals surface area contributed by atoms with Crippen LogP contribution >= 0.6 is 22.6 Å². The van der Waals surface area contributed by atoms with Crippen molar-refractivity contribution in [3.05, 3.63) is 68.3 Å². The Kier molecular flexibility index (Phi) is 4.71. The number of rotatable bonds is 2. The summed E-state index contributed by atoms with van der Waals surface area (Å²) in [6.07, 6.45) is 1.50. The lowest BCUT2D eigenvalue weighted by Crippen LogP contribution is -2.54. The molecule has 0 aliphatic carbocycles. The van der Waals surface area contributed by atoms with Gasteiger partial charge in [-0.1, -0.05) is 18.2 Å². The summed E-state index contributed by atoms with van der Waals surface area (Å²) in [5, 5.41) is 2.24. The number of urea groups is 1. The minimum absolute atomic E-state index is 0.0695. The molecule has 126 valence electrons. The third-order valence-corrected chi connectivity index (χ3v) is 4.47. The lowest BCUT2D eigenvalue weighted by Gasteiger charge is -2.27. The van der Waals surface area contributed by atoms with Crippen LogP contribution in [0, 0.1) is 17.4 Å². The van der Waals surface area contributed by atoms with Gasteiger partial charge in [0.25, 0.3) is 11.8 Å². The summed E-state index contributed by atoms with van der Waals surface area (Å²) in [6, 6.07) is 12.1. The smallest absolute Gasteiger partial charge is 0.273 e. The summed E-state index contributed by atoms with van der Waals surface area (Å²) in [4.78, 5) is 38.2. The Hall–Kier alpha value is -2.48. The van der Waals surface area contributed by atoms with E-state index in [1.807, 2.05) is 44.2 Å². The van der Waals surface area contributed by atoms with Gasteiger partial charge in [0.05, 0.1) is 5.69 Å². The van der Waals surface area contributed by atoms with E-state index in [0.717, 1.165) is 19.6 Å². The number of aryl methyl sites for hydroxylation is 2. The number of halogens is 1. The molecule has 0 radical (unpaired) electrons. The SMILES string of the molecule is Cc1cc(C)cc(N2C(=O)NC(=O)/C(=C\c3ccc(I)cc3)C2=O)c1. The normalized spacial score (nSPS) is 16.4. The van der Waals surface area contributed by atoms with Crippen molar-refractivity contribution in [1.82, 2.24) is 5.32 Å². The van der Waals surface area contributed by atoms with E-state index in [9.17, 15) is 14.4 Å². The Labute approximate surface area is 158 Å². The molecule has 25 heavy (non-hydrogen) atoms. The van der Waals surface area contributed by atoms with E-state index >= 15 is 0 Å². The van der Waals surface area contributed by atoms with Crippen molar-refractivity contribution in [2.45, 2.75) is 13.8 Å². The number of hydrogen-bond acceptors (Lipinski definition) is 3. The van der Waals surface area contributed by atoms with E-state index in [1.54, 1.807) is 12.1 Å². The first-order chi connectivity index (χ1) is 11.8. The van der Waals surface area contributed by atoms with Crippen molar-refractivity contribution in [2.75, 3.05) is 4.90 Å². The molecule has 0 bridgehead atoms. The number of nitrogens with one attached hydrogen (secondary N) is 1. The average Bonchev–Trinajstić information content (AvgIpc) is 2.52. The fourth-order valence-corrected chi connectivity index (χ4v) is 3.06. The number of amides is 4. The van der Waals surface area contributed by atoms with Gasteiger partial charge in [-0.15, -0.1) is 0 Å². The number of benzene rings is 2. The van der Waals surface area contributed by atoms with Crippen LogP contribution in [0.1, 0.15) is 16.7 Å². The summed E-state index contributed by atoms with van der Waals surface area (Å²) in [5.41, 5.74) is 2.95. The maximum atomic E-state index is 12.8. The molecule has 2 aromatic rings. The van der Waals surface area contributed by atoms with Gasteiger partial charge in [0.2, 0.25) is 0 Å². The second kappa shape index (κ2) is 6.79. The second-order valence-electron chi connectivity index (χ2n) is 5.86. The fraction of sp³-hybridized carbons (Fsp3) is 0.105. The summed E-state index contributed by atoms with van der Waals surface area (Å²) >= 11 is 2.18. The molecule has 3 rings (SSSR count). The minimum Gasteiger partial charge on any atom is -0.273 e. The molecular formula is C19H15IN2O3. The van der Waals surface area contributed by atoms with E-state index in [-0.39, 0.29) is 5.57 Å². The number of imide groups is 2. The van der Waals surface area contributed by atoms with Crippen molar-refractivity contribution in [1.29, 1.82) is 0 Å². The maximum absolute atomic E-state index is 12.8. The molecule has 1 aliphatic heterocycles. The van der Waals surface area contributed by atoms with Gasteiger partial charge in [0.15, 0.2) is 0 Å². The lowest BCUT2D eigenvalue weighted by molar-refractivity contribution is -0.122. The highest BCUT2D eigenvalue weighted by atomic mass is 127. The van der Waals surface area contributed by atoms with Gasteiger partial charge in [-0.05, 0) is 83.5 Å². The summed E-state index contributed by atoms with van der Waals surface area (Å²) < 4.78 is 1.05. The Balaban J connectivity index is 2.03. The van der Waals surface area contributed by atoms with Crippen molar-refractivity contribution in [3.63, 3.8) is 0 Å². The monoisotopic (exact) mass is 446 g/mol. The summed E-state index contributed by atoms with van der Waals surface area (Å²) in [5.74, 6) is -1.31. The lowest BCUT2D eigenvalue weighted by atomic mass is 10.1. The highest BCUT2D eigenvalue weighted by Crippen LogP contribution is 2.24. The van der Waals surface area contributed by atoms with Gasteiger partial charge in [-0.2, -0.15) is 0 Å². The molecule has 1 N–H and O–H groups in total. The van der Waals surface area contributed by atoms with Crippen molar-refractivity contribution >= 4 is 52.2 Å². The molecule has 2 aromatic carbocycles. The molecule has 1 saturated heterocycles. The molecule has 1 aliphatic rings. The van der Waals surface area contributed by atoms with E-state index < -0.39 is 17.8 Å². The molecule has 1 fully saturated rings. The number of barbiturate groups is 1. The molecule has 0 aromatic heterocycles. The second-order valence-corrected chi connectivity index (χ2v) is 7.10. The first-order valence-corrected chi connectivity index (χ1v) is 8.68. The molecule has 1 heterocycles. The van der Waals surface area contributed by atoms with E-state index in [1.165, 1.54) is 6.08 Å². The highest BCUT2D eigenvalue weighted by Gasteiger charge is 2.36. The van der Waals surface area contributed by atoms with Crippen molar-refractivity contribution in [2.24, 2.45) is 0 Å². The molecule has 0 spiro atoms. The van der Waals surface area contributed by atoms with Crippen LogP contribution in [0.4, 0.5) is 10.5 Å². The molecule has 6 heteroatoms. The van der Waals surface area contributed by atoms with E-state index in [0.29, 0.717) is 11.3 Å². The van der Waals surface area contributed by atoms with Crippen molar-refractivity contribution in [3.8, 4) is 0 Å². The van der Waals surface area contributed by atoms with Gasteiger partial charge < -0.3 is 0 Å². The molecule has 0 unspecified atom stereocenters. The number of nitrogens with zero attached hydrogens (tertiary/aromatic N) is 1. The van der Waals surface area contributed by atoms with Crippen LogP contribution in [-0.2, 0) is 9.59 Å². The summed E-state index contributed by atoms with van der Waals surface area (Å²) in [6.45, 7) is 3.77. The zero-order valence-corrected chi connectivity index (χ0v) is 15.8. The predicted octanol–water partition coefficient (Wildman–Crippen LogP) is 3.57. The Morgan fingerprint density at radius 1 is 0.960 bits per heavy atom. The quantitative estimate of drug-likeness (QED) is 0.436. The standard InChI is InChI=1S/C19H15IN2O3/c1-11-7-12(2)9-15(8-11)22-18(24)16(17(23)21-19(22)25)10-13-3-5-14(20)6-4-13/h3-10H,1-2H3,(H,21,23,25)/b16-10+. The molecule has 0 atom stereocenters. The van der Waals surface area contributed by atoms with Crippen LogP contribution in [0.25, 0.3) is 6.08 Å². The Morgan fingerprint density at radius 2 is 1.56 bits per heavy atom. The van der Waals surface area contributed by atoms with Crippen molar-refractivity contribution < 1.29 is 14.4 Å². The maximum Gasteiger partial charge on any atom is 0.335 e. The molecule has 4 amide bonds. The molecule has 0 saturated carbocycles. The topological polar surface area (TPSA) is 66.5 Å². The Morgan fingerprint density at radius 3 is 2.16 bits per heavy atom.